The van der Waals surface area contributed by atoms with Gasteiger partial charge in [-0.05, 0) is 17.9 Å². The average molecular weight is 178 g/mol. The summed E-state index contributed by atoms with van der Waals surface area (Å²) >= 11 is 4.11. The zero-order valence-electron chi connectivity index (χ0n) is 7.06. The zero-order valence-corrected chi connectivity index (χ0v) is 8.69. The SMILES string of the molecule is CCCCCSCSCC. The molecule has 62 valence electrons. The molecule has 0 nitrogen and oxygen atoms in total. The van der Waals surface area contributed by atoms with Crippen LogP contribution in [0.3, 0.4) is 0 Å². The van der Waals surface area contributed by atoms with Gasteiger partial charge >= 0.3 is 0 Å². The van der Waals surface area contributed by atoms with Crippen molar-refractivity contribution >= 4 is 23.5 Å². The molecular weight excluding hydrogens is 160 g/mol. The fourth-order valence-electron chi connectivity index (χ4n) is 0.655. The van der Waals surface area contributed by atoms with Crippen LogP contribution in [0.2, 0.25) is 0 Å². The first kappa shape index (κ1) is 10.7. The third-order valence-electron chi connectivity index (χ3n) is 1.26. The van der Waals surface area contributed by atoms with Crippen molar-refractivity contribution in [2.45, 2.75) is 33.1 Å². The lowest BCUT2D eigenvalue weighted by atomic mass is 10.3. The number of hydrogen-bond acceptors (Lipinski definition) is 2. The topological polar surface area (TPSA) is 0 Å². The fourth-order valence-corrected chi connectivity index (χ4v) is 2.67. The van der Waals surface area contributed by atoms with Crippen LogP contribution in [0.25, 0.3) is 0 Å². The Morgan fingerprint density at radius 3 is 2.40 bits per heavy atom. The van der Waals surface area contributed by atoms with Gasteiger partial charge in [0.2, 0.25) is 0 Å². The van der Waals surface area contributed by atoms with E-state index in [0.717, 1.165) is 0 Å². The van der Waals surface area contributed by atoms with Gasteiger partial charge in [-0.15, -0.1) is 0 Å². The minimum Gasteiger partial charge on any atom is -0.151 e. The maximum Gasteiger partial charge on any atom is 0.0391 e. The second kappa shape index (κ2) is 9.70. The minimum absolute atomic E-state index is 1.26. The Kier molecular flexibility index (Phi) is 10.4. The normalized spacial score (nSPS) is 10.2. The molecule has 0 radical (unpaired) electrons. The summed E-state index contributed by atoms with van der Waals surface area (Å²) in [5.41, 5.74) is 0. The Labute approximate surface area is 73.5 Å². The first-order valence-corrected chi connectivity index (χ1v) is 6.38. The number of thioether (sulfide) groups is 2. The van der Waals surface area contributed by atoms with Crippen LogP contribution in [0.1, 0.15) is 33.1 Å². The summed E-state index contributed by atoms with van der Waals surface area (Å²) in [6.45, 7) is 4.47. The smallest absolute Gasteiger partial charge is 0.0391 e. The summed E-state index contributed by atoms with van der Waals surface area (Å²) in [5, 5.41) is 1.29. The molecule has 0 aliphatic heterocycles. The Morgan fingerprint density at radius 1 is 1.00 bits per heavy atom. The molecule has 0 saturated carbocycles. The molecule has 0 saturated heterocycles. The van der Waals surface area contributed by atoms with Crippen LogP contribution in [0, 0.1) is 0 Å². The molecule has 0 amide bonds. The van der Waals surface area contributed by atoms with Gasteiger partial charge in [0, 0.05) is 5.08 Å². The molecule has 0 spiro atoms. The van der Waals surface area contributed by atoms with Gasteiger partial charge < -0.3 is 0 Å². The van der Waals surface area contributed by atoms with Gasteiger partial charge in [0.25, 0.3) is 0 Å². The van der Waals surface area contributed by atoms with Gasteiger partial charge in [-0.1, -0.05) is 26.7 Å². The molecule has 0 aliphatic rings. The van der Waals surface area contributed by atoms with Crippen LogP contribution in [0.15, 0.2) is 0 Å². The highest BCUT2D eigenvalue weighted by atomic mass is 32.2. The zero-order chi connectivity index (χ0) is 7.66. The summed E-state index contributed by atoms with van der Waals surface area (Å²) in [6, 6.07) is 0. The summed E-state index contributed by atoms with van der Waals surface area (Å²) < 4.78 is 0. The summed E-state index contributed by atoms with van der Waals surface area (Å²) in [7, 11) is 0. The lowest BCUT2D eigenvalue weighted by Gasteiger charge is -1.97. The van der Waals surface area contributed by atoms with E-state index in [9.17, 15) is 0 Å². The van der Waals surface area contributed by atoms with E-state index in [1.165, 1.54) is 35.9 Å². The number of hydrogen-bond donors (Lipinski definition) is 0. The molecule has 0 aliphatic carbocycles. The Bertz CT molecular complexity index is 47.2. The fraction of sp³-hybridized carbons (Fsp3) is 1.00. The van der Waals surface area contributed by atoms with E-state index in [1.807, 2.05) is 11.8 Å². The quantitative estimate of drug-likeness (QED) is 0.431. The van der Waals surface area contributed by atoms with Gasteiger partial charge in [0.1, 0.15) is 0 Å². The highest BCUT2D eigenvalue weighted by Gasteiger charge is 1.87. The van der Waals surface area contributed by atoms with E-state index in [-0.39, 0.29) is 0 Å². The van der Waals surface area contributed by atoms with Crippen LogP contribution in [-0.2, 0) is 0 Å². The molecule has 0 rings (SSSR count). The van der Waals surface area contributed by atoms with Crippen LogP contribution in [0.5, 0.6) is 0 Å². The van der Waals surface area contributed by atoms with Gasteiger partial charge in [0.05, 0.1) is 0 Å². The predicted molar refractivity (Wildman–Crippen MR) is 55.0 cm³/mol. The molecule has 0 heterocycles. The van der Waals surface area contributed by atoms with E-state index in [2.05, 4.69) is 25.6 Å². The summed E-state index contributed by atoms with van der Waals surface area (Å²) in [6.07, 6.45) is 4.16. The van der Waals surface area contributed by atoms with E-state index in [1.54, 1.807) is 0 Å². The van der Waals surface area contributed by atoms with Crippen molar-refractivity contribution in [3.05, 3.63) is 0 Å². The third kappa shape index (κ3) is 8.70. The molecule has 0 aromatic rings. The first-order chi connectivity index (χ1) is 4.91. The Hall–Kier alpha value is 0.700. The monoisotopic (exact) mass is 178 g/mol. The molecule has 10 heavy (non-hydrogen) atoms. The van der Waals surface area contributed by atoms with E-state index < -0.39 is 0 Å². The first-order valence-electron chi connectivity index (χ1n) is 4.07. The van der Waals surface area contributed by atoms with Gasteiger partial charge in [-0.25, -0.2) is 0 Å². The lowest BCUT2D eigenvalue weighted by molar-refractivity contribution is 0.779. The highest BCUT2D eigenvalue weighted by molar-refractivity contribution is 8.15. The summed E-state index contributed by atoms with van der Waals surface area (Å²) in [5.74, 6) is 2.63. The number of rotatable bonds is 7. The van der Waals surface area contributed by atoms with Crippen LogP contribution >= 0.6 is 23.5 Å². The minimum atomic E-state index is 1.26. The average Bonchev–Trinajstić information content (AvgIpc) is 1.97. The second-order valence-corrected chi connectivity index (χ2v) is 4.97. The van der Waals surface area contributed by atoms with Crippen LogP contribution < -0.4 is 0 Å². The molecular formula is C8H18S2. The lowest BCUT2D eigenvalue weighted by Crippen LogP contribution is -1.80. The van der Waals surface area contributed by atoms with Crippen LogP contribution in [0.4, 0.5) is 0 Å². The maximum absolute atomic E-state index is 2.26. The van der Waals surface area contributed by atoms with Gasteiger partial charge in [-0.2, -0.15) is 23.5 Å². The van der Waals surface area contributed by atoms with E-state index in [0.29, 0.717) is 0 Å². The predicted octanol–water partition coefficient (Wildman–Crippen LogP) is 3.62. The molecule has 0 atom stereocenters. The van der Waals surface area contributed by atoms with Crippen LogP contribution in [-0.4, -0.2) is 16.6 Å². The van der Waals surface area contributed by atoms with E-state index >= 15 is 0 Å². The van der Waals surface area contributed by atoms with Crippen molar-refractivity contribution in [3.8, 4) is 0 Å². The third-order valence-corrected chi connectivity index (χ3v) is 3.58. The molecule has 0 aromatic carbocycles. The molecule has 2 heteroatoms. The molecule has 0 unspecified atom stereocenters. The second-order valence-electron chi connectivity index (χ2n) is 2.23. The molecule has 0 N–H and O–H groups in total. The standard InChI is InChI=1S/C8H18S2/c1-3-5-6-7-10-8-9-4-2/h3-8H2,1-2H3. The van der Waals surface area contributed by atoms with Crippen molar-refractivity contribution in [1.82, 2.24) is 0 Å². The van der Waals surface area contributed by atoms with Crippen molar-refractivity contribution in [2.24, 2.45) is 0 Å². The number of unbranched alkanes of at least 4 members (excludes halogenated alkanes) is 2. The van der Waals surface area contributed by atoms with Crippen molar-refractivity contribution in [2.75, 3.05) is 16.6 Å². The van der Waals surface area contributed by atoms with Gasteiger partial charge in [0.15, 0.2) is 0 Å². The van der Waals surface area contributed by atoms with Crippen molar-refractivity contribution in [3.63, 3.8) is 0 Å². The van der Waals surface area contributed by atoms with Gasteiger partial charge in [-0.3, -0.25) is 0 Å². The Morgan fingerprint density at radius 2 is 1.80 bits per heavy atom. The molecule has 0 bridgehead atoms. The molecule has 0 fully saturated rings. The summed E-state index contributed by atoms with van der Waals surface area (Å²) in [4.78, 5) is 0. The van der Waals surface area contributed by atoms with Crippen molar-refractivity contribution in [1.29, 1.82) is 0 Å². The molecule has 0 aromatic heterocycles. The maximum atomic E-state index is 2.26. The van der Waals surface area contributed by atoms with E-state index in [4.69, 9.17) is 0 Å². The largest absolute Gasteiger partial charge is 0.151 e. The Balaban J connectivity index is 2.65. The highest BCUT2D eigenvalue weighted by Crippen LogP contribution is 2.13. The van der Waals surface area contributed by atoms with Crippen molar-refractivity contribution < 1.29 is 0 Å².